The van der Waals surface area contributed by atoms with Gasteiger partial charge >= 0.3 is 0 Å². The summed E-state index contributed by atoms with van der Waals surface area (Å²) >= 11 is 0. The van der Waals surface area contributed by atoms with E-state index in [1.54, 1.807) is 10.9 Å². The zero-order valence-electron chi connectivity index (χ0n) is 17.3. The third-order valence-corrected chi connectivity index (χ3v) is 5.27. The lowest BCUT2D eigenvalue weighted by Gasteiger charge is -2.32. The Morgan fingerprint density at radius 2 is 2.07 bits per heavy atom. The number of pyridine rings is 1. The van der Waals surface area contributed by atoms with Crippen molar-refractivity contribution < 1.29 is 9.18 Å². The van der Waals surface area contributed by atoms with Gasteiger partial charge in [0.25, 0.3) is 0 Å². The smallest absolute Gasteiger partial charge is 0.246 e. The van der Waals surface area contributed by atoms with Gasteiger partial charge in [-0.05, 0) is 38.0 Å². The van der Waals surface area contributed by atoms with E-state index in [2.05, 4.69) is 30.7 Å². The minimum atomic E-state index is -0.485. The molecular formula is C20H23FN8O. The summed E-state index contributed by atoms with van der Waals surface area (Å²) < 4.78 is 15.0. The van der Waals surface area contributed by atoms with E-state index in [-0.39, 0.29) is 11.9 Å². The second-order valence-corrected chi connectivity index (χ2v) is 7.44. The summed E-state index contributed by atoms with van der Waals surface area (Å²) in [6.45, 7) is 6.52. The number of aryl methyl sites for hydroxylation is 2. The lowest BCUT2D eigenvalue weighted by molar-refractivity contribution is -0.117. The molecule has 9 nitrogen and oxygen atoms in total. The first-order valence-corrected chi connectivity index (χ1v) is 9.60. The zero-order valence-corrected chi connectivity index (χ0v) is 17.3. The Labute approximate surface area is 173 Å². The first-order valence-electron chi connectivity index (χ1n) is 9.60. The van der Waals surface area contributed by atoms with Crippen molar-refractivity contribution in [2.45, 2.75) is 39.9 Å². The second-order valence-electron chi connectivity index (χ2n) is 7.44. The number of fused-ring (bicyclic) bond motifs is 1. The minimum absolute atomic E-state index is 0.0728. The molecule has 0 fully saturated rings. The molecule has 1 atom stereocenters. The van der Waals surface area contributed by atoms with Crippen molar-refractivity contribution in [2.24, 2.45) is 0 Å². The molecule has 0 bridgehead atoms. The molecule has 0 saturated heterocycles. The Balaban J connectivity index is 1.46. The highest BCUT2D eigenvalue weighted by Gasteiger charge is 2.30. The quantitative estimate of drug-likeness (QED) is 0.622. The van der Waals surface area contributed by atoms with Crippen LogP contribution in [0.3, 0.4) is 0 Å². The number of likely N-dealkylation sites (N-methyl/N-ethyl adjacent to an activating group) is 1. The van der Waals surface area contributed by atoms with E-state index in [9.17, 15) is 9.18 Å². The third-order valence-electron chi connectivity index (χ3n) is 5.27. The molecule has 0 aromatic carbocycles. The van der Waals surface area contributed by atoms with Crippen LogP contribution in [0.25, 0.3) is 0 Å². The number of hydrogen-bond acceptors (Lipinski definition) is 7. The summed E-state index contributed by atoms with van der Waals surface area (Å²) in [6.07, 6.45) is 5.21. The summed E-state index contributed by atoms with van der Waals surface area (Å²) in [5.41, 5.74) is 4.04. The maximum absolute atomic E-state index is 13.2. The number of halogens is 1. The summed E-state index contributed by atoms with van der Waals surface area (Å²) in [7, 11) is 1.84. The molecule has 1 aliphatic heterocycles. The van der Waals surface area contributed by atoms with Gasteiger partial charge < -0.3 is 15.5 Å². The van der Waals surface area contributed by atoms with Gasteiger partial charge in [-0.3, -0.25) is 9.48 Å². The van der Waals surface area contributed by atoms with E-state index in [1.807, 2.05) is 38.9 Å². The fourth-order valence-corrected chi connectivity index (χ4v) is 3.28. The second kappa shape index (κ2) is 7.69. The van der Waals surface area contributed by atoms with Crippen molar-refractivity contribution in [1.29, 1.82) is 0 Å². The predicted molar refractivity (Wildman–Crippen MR) is 111 cm³/mol. The molecule has 30 heavy (non-hydrogen) atoms. The minimum Gasteiger partial charge on any atom is -0.350 e. The molecule has 0 radical (unpaired) electrons. The maximum atomic E-state index is 13.2. The summed E-state index contributed by atoms with van der Waals surface area (Å²) in [6, 6.07) is 1.11. The molecule has 0 aliphatic carbocycles. The average molecular weight is 410 g/mol. The summed E-state index contributed by atoms with van der Waals surface area (Å²) in [5.74, 6) is 0.609. The Morgan fingerprint density at radius 1 is 1.27 bits per heavy atom. The molecule has 1 amide bonds. The van der Waals surface area contributed by atoms with Crippen LogP contribution in [0.1, 0.15) is 29.3 Å². The first-order chi connectivity index (χ1) is 14.3. The molecule has 4 heterocycles. The number of carbonyl (C=O) groups excluding carboxylic acids is 1. The maximum Gasteiger partial charge on any atom is 0.246 e. The van der Waals surface area contributed by atoms with E-state index in [1.165, 1.54) is 12.3 Å². The van der Waals surface area contributed by atoms with Crippen LogP contribution >= 0.6 is 0 Å². The topological polar surface area (TPSA) is 101 Å². The van der Waals surface area contributed by atoms with Crippen LogP contribution in [0, 0.1) is 19.8 Å². The summed E-state index contributed by atoms with van der Waals surface area (Å²) in [5, 5.41) is 10.5. The molecule has 4 rings (SSSR count). The molecular weight excluding hydrogens is 387 g/mol. The van der Waals surface area contributed by atoms with Gasteiger partial charge in [0.05, 0.1) is 18.4 Å². The molecule has 0 saturated carbocycles. The number of hydrogen-bond donors (Lipinski definition) is 2. The Morgan fingerprint density at radius 3 is 2.83 bits per heavy atom. The number of nitrogens with zero attached hydrogens (tertiary/aromatic N) is 6. The molecule has 10 heteroatoms. The Bertz CT molecular complexity index is 1110. The number of carbonyl (C=O) groups is 1. The molecule has 0 unspecified atom stereocenters. The highest BCUT2D eigenvalue weighted by molar-refractivity contribution is 6.03. The van der Waals surface area contributed by atoms with Crippen LogP contribution in [0.4, 0.5) is 21.8 Å². The van der Waals surface area contributed by atoms with Crippen LogP contribution in [-0.2, 0) is 17.9 Å². The lowest BCUT2D eigenvalue weighted by atomic mass is 10.1. The largest absolute Gasteiger partial charge is 0.350 e. The monoisotopic (exact) mass is 410 g/mol. The van der Waals surface area contributed by atoms with Crippen LogP contribution in [0.2, 0.25) is 0 Å². The van der Waals surface area contributed by atoms with Crippen molar-refractivity contribution in [2.75, 3.05) is 22.6 Å². The van der Waals surface area contributed by atoms with Gasteiger partial charge in [-0.2, -0.15) is 14.5 Å². The van der Waals surface area contributed by atoms with Gasteiger partial charge in [0.15, 0.2) is 5.82 Å². The van der Waals surface area contributed by atoms with Crippen molar-refractivity contribution in [3.8, 4) is 0 Å². The van der Waals surface area contributed by atoms with Crippen LogP contribution < -0.4 is 15.5 Å². The lowest BCUT2D eigenvalue weighted by Crippen LogP contribution is -2.44. The fourth-order valence-electron chi connectivity index (χ4n) is 3.28. The molecule has 156 valence electrons. The predicted octanol–water partition coefficient (Wildman–Crippen LogP) is 2.26. The van der Waals surface area contributed by atoms with Gasteiger partial charge in [-0.15, -0.1) is 0 Å². The molecule has 3 aromatic heterocycles. The molecule has 0 spiro atoms. The van der Waals surface area contributed by atoms with E-state index in [0.29, 0.717) is 36.2 Å². The summed E-state index contributed by atoms with van der Waals surface area (Å²) in [4.78, 5) is 26.6. The van der Waals surface area contributed by atoms with Gasteiger partial charge in [0.2, 0.25) is 17.8 Å². The third kappa shape index (κ3) is 3.80. The SMILES string of the molecule is Cc1cc(F)ncc1Cn1cc(CNc2nc(C)c3c(n2)N(C)[C@@H](C)C(=O)N3)cn1. The van der Waals surface area contributed by atoms with Gasteiger partial charge in [-0.1, -0.05) is 0 Å². The van der Waals surface area contributed by atoms with Crippen molar-refractivity contribution >= 4 is 23.4 Å². The molecule has 1 aliphatic rings. The van der Waals surface area contributed by atoms with Gasteiger partial charge in [-0.25, -0.2) is 9.97 Å². The van der Waals surface area contributed by atoms with E-state index >= 15 is 0 Å². The number of anilines is 3. The Kier molecular flexibility index (Phi) is 5.06. The highest BCUT2D eigenvalue weighted by Crippen LogP contribution is 2.32. The number of aromatic nitrogens is 5. The van der Waals surface area contributed by atoms with Gasteiger partial charge in [0, 0.05) is 31.5 Å². The van der Waals surface area contributed by atoms with E-state index in [0.717, 1.165) is 16.7 Å². The van der Waals surface area contributed by atoms with Crippen molar-refractivity contribution in [3.63, 3.8) is 0 Å². The van der Waals surface area contributed by atoms with E-state index < -0.39 is 5.95 Å². The number of rotatable bonds is 5. The Hall–Kier alpha value is -3.56. The van der Waals surface area contributed by atoms with E-state index in [4.69, 9.17) is 0 Å². The van der Waals surface area contributed by atoms with Gasteiger partial charge in [0.1, 0.15) is 11.7 Å². The fraction of sp³-hybridized carbons (Fsp3) is 0.350. The van der Waals surface area contributed by atoms with Crippen molar-refractivity contribution in [1.82, 2.24) is 24.7 Å². The molecule has 2 N–H and O–H groups in total. The van der Waals surface area contributed by atoms with Crippen molar-refractivity contribution in [3.05, 3.63) is 53.0 Å². The van der Waals surface area contributed by atoms with Crippen LogP contribution in [0.5, 0.6) is 0 Å². The van der Waals surface area contributed by atoms with Crippen LogP contribution in [-0.4, -0.2) is 43.7 Å². The molecule has 3 aromatic rings. The number of nitrogens with one attached hydrogen (secondary N) is 2. The normalized spacial score (nSPS) is 15.7. The number of amides is 1. The highest BCUT2D eigenvalue weighted by atomic mass is 19.1. The zero-order chi connectivity index (χ0) is 21.4. The first kappa shape index (κ1) is 19.7. The van der Waals surface area contributed by atoms with Crippen LogP contribution in [0.15, 0.2) is 24.7 Å². The standard InChI is InChI=1S/C20H23FN8O/c1-11-5-16(21)22-8-15(11)10-29-9-14(7-24-29)6-23-20-25-12(2)17-18(27-20)28(4)13(3)19(30)26-17/h5,7-9,13H,6,10H2,1-4H3,(H,26,30)(H,23,25,27)/t13-/m0/s1. The average Bonchev–Trinajstić information content (AvgIpc) is 3.15.